The maximum absolute atomic E-state index is 9.27. The Morgan fingerprint density at radius 1 is 0.917 bits per heavy atom. The summed E-state index contributed by atoms with van der Waals surface area (Å²) in [6.45, 7) is 1.67. The van der Waals surface area contributed by atoms with Crippen molar-refractivity contribution in [2.45, 2.75) is 19.3 Å². The summed E-state index contributed by atoms with van der Waals surface area (Å²) < 4.78 is 0. The van der Waals surface area contributed by atoms with E-state index in [2.05, 4.69) is 15.6 Å². The van der Waals surface area contributed by atoms with E-state index in [1.165, 1.54) is 11.1 Å². The average molecular weight is 346 g/mol. The number of guanidine groups is 1. The Hall–Kier alpha value is -2.20. The summed E-state index contributed by atoms with van der Waals surface area (Å²) in [6.07, 6.45) is 2.89. The Kier molecular flexibility index (Phi) is 7.43. The van der Waals surface area contributed by atoms with Gasteiger partial charge in [0.1, 0.15) is 5.75 Å². The predicted octanol–water partition coefficient (Wildman–Crippen LogP) is 3.39. The number of aryl methyl sites for hydroxylation is 1. The van der Waals surface area contributed by atoms with Gasteiger partial charge < -0.3 is 15.7 Å². The van der Waals surface area contributed by atoms with E-state index in [0.717, 1.165) is 43.3 Å². The van der Waals surface area contributed by atoms with Crippen LogP contribution in [-0.2, 0) is 12.8 Å². The Balaban J connectivity index is 1.63. The Morgan fingerprint density at radius 2 is 1.50 bits per heavy atom. The van der Waals surface area contributed by atoms with Crippen LogP contribution in [0.2, 0.25) is 5.02 Å². The molecule has 0 aliphatic rings. The molecule has 0 amide bonds. The van der Waals surface area contributed by atoms with Gasteiger partial charge in [-0.25, -0.2) is 0 Å². The number of hydrogen-bond acceptors (Lipinski definition) is 2. The number of benzene rings is 2. The van der Waals surface area contributed by atoms with Gasteiger partial charge in [-0.05, 0) is 54.7 Å². The van der Waals surface area contributed by atoms with Crippen LogP contribution in [0.1, 0.15) is 17.5 Å². The summed E-state index contributed by atoms with van der Waals surface area (Å²) in [6, 6.07) is 15.2. The van der Waals surface area contributed by atoms with E-state index in [1.807, 2.05) is 36.4 Å². The third-order valence-electron chi connectivity index (χ3n) is 3.71. The zero-order chi connectivity index (χ0) is 17.2. The fourth-order valence-corrected chi connectivity index (χ4v) is 2.48. The lowest BCUT2D eigenvalue weighted by Crippen LogP contribution is -2.38. The van der Waals surface area contributed by atoms with Crippen LogP contribution in [0.5, 0.6) is 5.75 Å². The highest BCUT2D eigenvalue weighted by atomic mass is 35.5. The van der Waals surface area contributed by atoms with Crippen molar-refractivity contribution in [1.29, 1.82) is 0 Å². The van der Waals surface area contributed by atoms with Crippen LogP contribution in [0.15, 0.2) is 53.5 Å². The van der Waals surface area contributed by atoms with E-state index in [1.54, 1.807) is 19.2 Å². The molecule has 2 rings (SSSR count). The Bertz CT molecular complexity index is 639. The van der Waals surface area contributed by atoms with Gasteiger partial charge in [-0.15, -0.1) is 0 Å². The van der Waals surface area contributed by atoms with Crippen molar-refractivity contribution in [3.05, 3.63) is 64.7 Å². The molecule has 5 heteroatoms. The van der Waals surface area contributed by atoms with Crippen molar-refractivity contribution in [1.82, 2.24) is 10.6 Å². The van der Waals surface area contributed by atoms with Crippen molar-refractivity contribution >= 4 is 17.6 Å². The van der Waals surface area contributed by atoms with Crippen molar-refractivity contribution in [3.63, 3.8) is 0 Å². The van der Waals surface area contributed by atoms with Crippen LogP contribution in [0.4, 0.5) is 0 Å². The van der Waals surface area contributed by atoms with Crippen LogP contribution in [0, 0.1) is 0 Å². The first-order valence-electron chi connectivity index (χ1n) is 8.14. The molecule has 0 bridgehead atoms. The maximum Gasteiger partial charge on any atom is 0.190 e. The van der Waals surface area contributed by atoms with Gasteiger partial charge in [0.15, 0.2) is 5.96 Å². The molecule has 0 aromatic heterocycles. The molecular weight excluding hydrogens is 322 g/mol. The minimum atomic E-state index is 0.308. The largest absolute Gasteiger partial charge is 0.508 e. The van der Waals surface area contributed by atoms with Gasteiger partial charge in [0.05, 0.1) is 0 Å². The number of nitrogens with zero attached hydrogens (tertiary/aromatic N) is 1. The smallest absolute Gasteiger partial charge is 0.190 e. The molecule has 0 unspecified atom stereocenters. The molecule has 0 spiro atoms. The van der Waals surface area contributed by atoms with Crippen molar-refractivity contribution < 1.29 is 5.11 Å². The van der Waals surface area contributed by atoms with Crippen molar-refractivity contribution in [2.24, 2.45) is 4.99 Å². The molecule has 0 heterocycles. The van der Waals surface area contributed by atoms with E-state index < -0.39 is 0 Å². The Labute approximate surface area is 148 Å². The molecule has 24 heavy (non-hydrogen) atoms. The summed E-state index contributed by atoms with van der Waals surface area (Å²) in [5.41, 5.74) is 2.47. The van der Waals surface area contributed by atoms with Gasteiger partial charge in [-0.3, -0.25) is 4.99 Å². The first kappa shape index (κ1) is 18.1. The van der Waals surface area contributed by atoms with E-state index in [0.29, 0.717) is 5.75 Å². The van der Waals surface area contributed by atoms with Gasteiger partial charge in [-0.1, -0.05) is 35.9 Å². The van der Waals surface area contributed by atoms with E-state index in [-0.39, 0.29) is 0 Å². The van der Waals surface area contributed by atoms with Gasteiger partial charge in [0.25, 0.3) is 0 Å². The number of hydrogen-bond donors (Lipinski definition) is 3. The molecule has 0 fully saturated rings. The second-order valence-corrected chi connectivity index (χ2v) is 6.01. The minimum absolute atomic E-state index is 0.308. The Morgan fingerprint density at radius 3 is 2.17 bits per heavy atom. The third kappa shape index (κ3) is 6.50. The fraction of sp³-hybridized carbons (Fsp3) is 0.316. The molecule has 0 saturated carbocycles. The van der Waals surface area contributed by atoms with Gasteiger partial charge in [0.2, 0.25) is 0 Å². The normalized spacial score (nSPS) is 11.3. The molecule has 0 aliphatic carbocycles. The zero-order valence-electron chi connectivity index (χ0n) is 13.9. The molecule has 3 N–H and O–H groups in total. The third-order valence-corrected chi connectivity index (χ3v) is 3.97. The van der Waals surface area contributed by atoms with Crippen LogP contribution in [0.25, 0.3) is 0 Å². The quantitative estimate of drug-likeness (QED) is 0.409. The van der Waals surface area contributed by atoms with Gasteiger partial charge >= 0.3 is 0 Å². The van der Waals surface area contributed by atoms with Crippen molar-refractivity contribution in [3.8, 4) is 5.75 Å². The topological polar surface area (TPSA) is 56.7 Å². The first-order chi connectivity index (χ1) is 11.7. The molecule has 0 saturated heterocycles. The van der Waals surface area contributed by atoms with Crippen LogP contribution in [0.3, 0.4) is 0 Å². The number of phenols is 1. The van der Waals surface area contributed by atoms with Crippen LogP contribution < -0.4 is 10.6 Å². The van der Waals surface area contributed by atoms with Gasteiger partial charge in [-0.2, -0.15) is 0 Å². The fourth-order valence-electron chi connectivity index (χ4n) is 2.36. The molecule has 0 aliphatic heterocycles. The highest BCUT2D eigenvalue weighted by Crippen LogP contribution is 2.11. The lowest BCUT2D eigenvalue weighted by molar-refractivity contribution is 0.475. The average Bonchev–Trinajstić information content (AvgIpc) is 2.60. The second-order valence-electron chi connectivity index (χ2n) is 5.57. The number of nitrogens with one attached hydrogen (secondary N) is 2. The zero-order valence-corrected chi connectivity index (χ0v) is 14.7. The molecule has 4 nitrogen and oxygen atoms in total. The predicted molar refractivity (Wildman–Crippen MR) is 101 cm³/mol. The molecule has 0 radical (unpaired) electrons. The summed E-state index contributed by atoms with van der Waals surface area (Å²) in [5.74, 6) is 1.12. The number of rotatable bonds is 7. The van der Waals surface area contributed by atoms with Crippen LogP contribution in [-0.4, -0.2) is 31.2 Å². The number of aromatic hydroxyl groups is 1. The van der Waals surface area contributed by atoms with E-state index in [4.69, 9.17) is 11.6 Å². The van der Waals surface area contributed by atoms with E-state index in [9.17, 15) is 5.11 Å². The number of aliphatic imine (C=N–C) groups is 1. The van der Waals surface area contributed by atoms with Gasteiger partial charge in [0, 0.05) is 25.2 Å². The molecule has 0 atom stereocenters. The maximum atomic E-state index is 9.27. The number of phenolic OH excluding ortho intramolecular Hbond substituents is 1. The van der Waals surface area contributed by atoms with Crippen molar-refractivity contribution in [2.75, 3.05) is 20.1 Å². The lowest BCUT2D eigenvalue weighted by atomic mass is 10.1. The standard InChI is InChI=1S/C19H24ClN3O/c1-21-19(23-14-12-16-4-8-17(20)9-5-16)22-13-2-3-15-6-10-18(24)11-7-15/h4-11,24H,2-3,12-14H2,1H3,(H2,21,22,23). The van der Waals surface area contributed by atoms with Crippen LogP contribution >= 0.6 is 11.6 Å². The monoisotopic (exact) mass is 345 g/mol. The SMILES string of the molecule is CN=C(NCCCc1ccc(O)cc1)NCCc1ccc(Cl)cc1. The first-order valence-corrected chi connectivity index (χ1v) is 8.52. The lowest BCUT2D eigenvalue weighted by Gasteiger charge is -2.12. The summed E-state index contributed by atoms with van der Waals surface area (Å²) in [7, 11) is 1.78. The van der Waals surface area contributed by atoms with E-state index >= 15 is 0 Å². The highest BCUT2D eigenvalue weighted by Gasteiger charge is 1.99. The summed E-state index contributed by atoms with van der Waals surface area (Å²) >= 11 is 5.88. The second kappa shape index (κ2) is 9.83. The minimum Gasteiger partial charge on any atom is -0.508 e. The molecule has 2 aromatic carbocycles. The summed E-state index contributed by atoms with van der Waals surface area (Å²) in [4.78, 5) is 4.23. The highest BCUT2D eigenvalue weighted by molar-refractivity contribution is 6.30. The number of halogens is 1. The molecular formula is C19H24ClN3O. The summed E-state index contributed by atoms with van der Waals surface area (Å²) in [5, 5.41) is 16.7. The molecule has 128 valence electrons. The molecule has 2 aromatic rings.